The summed E-state index contributed by atoms with van der Waals surface area (Å²) in [5, 5.41) is 8.12. The van der Waals surface area contributed by atoms with Gasteiger partial charge in [-0.25, -0.2) is 19.9 Å². The van der Waals surface area contributed by atoms with Gasteiger partial charge >= 0.3 is 6.18 Å². The fraction of sp³-hybridized carbons (Fsp3) is 0.500. The molecule has 1 aromatic carbocycles. The predicted octanol–water partition coefficient (Wildman–Crippen LogP) is 5.40. The van der Waals surface area contributed by atoms with Crippen LogP contribution >= 0.6 is 11.8 Å². The molecule has 0 radical (unpaired) electrons. The van der Waals surface area contributed by atoms with Crippen molar-refractivity contribution in [2.45, 2.75) is 67.7 Å². The van der Waals surface area contributed by atoms with Gasteiger partial charge in [0.15, 0.2) is 11.0 Å². The number of imidazole rings is 1. The maximum absolute atomic E-state index is 13.1. The minimum atomic E-state index is -4.55. The Bertz CT molecular complexity index is 1360. The number of H-pyrrole nitrogens is 1. The first-order valence-electron chi connectivity index (χ1n) is 13.1. The van der Waals surface area contributed by atoms with E-state index in [-0.39, 0.29) is 23.3 Å². The van der Waals surface area contributed by atoms with Gasteiger partial charge in [-0.2, -0.15) is 13.2 Å². The molecule has 1 aliphatic carbocycles. The number of nitrogens with zero attached hydrogens (tertiary/aromatic N) is 6. The minimum Gasteiger partial charge on any atom is -0.387 e. The molecule has 1 aliphatic heterocycles. The third-order valence-corrected chi connectivity index (χ3v) is 7.90. The second kappa shape index (κ2) is 11.5. The predicted molar refractivity (Wildman–Crippen MR) is 147 cm³/mol. The van der Waals surface area contributed by atoms with Crippen LogP contribution in [0.25, 0.3) is 11.0 Å². The molecule has 4 N–H and O–H groups in total. The molecule has 1 saturated carbocycles. The van der Waals surface area contributed by atoms with Crippen LogP contribution in [0.4, 0.5) is 24.8 Å². The Hall–Kier alpha value is -3.19. The van der Waals surface area contributed by atoms with E-state index in [0.29, 0.717) is 27.6 Å². The highest BCUT2D eigenvalue weighted by Crippen LogP contribution is 2.33. The average molecular weight is 560 g/mol. The number of benzene rings is 1. The van der Waals surface area contributed by atoms with E-state index in [1.807, 2.05) is 0 Å². The lowest BCUT2D eigenvalue weighted by atomic mass is 9.94. The summed E-state index contributed by atoms with van der Waals surface area (Å²) >= 11 is 1.24. The first-order valence-corrected chi connectivity index (χ1v) is 14.0. The molecule has 3 aromatic rings. The normalized spacial score (nSPS) is 18.2. The van der Waals surface area contributed by atoms with Crippen molar-refractivity contribution in [3.8, 4) is 0 Å². The minimum absolute atomic E-state index is 0.234. The highest BCUT2D eigenvalue weighted by molar-refractivity contribution is 7.99. The van der Waals surface area contributed by atoms with Gasteiger partial charge in [-0.15, -0.1) is 0 Å². The van der Waals surface area contributed by atoms with E-state index in [1.54, 1.807) is 31.2 Å². The second-order valence-corrected chi connectivity index (χ2v) is 11.1. The quantitative estimate of drug-likeness (QED) is 0.201. The molecule has 5 rings (SSSR count). The molecule has 3 heterocycles. The lowest BCUT2D eigenvalue weighted by Gasteiger charge is -2.41. The van der Waals surface area contributed by atoms with Crippen molar-refractivity contribution in [1.82, 2.24) is 24.8 Å². The molecule has 0 bridgehead atoms. The molecule has 0 spiro atoms. The van der Waals surface area contributed by atoms with Gasteiger partial charge in [-0.05, 0) is 49.7 Å². The number of piperazine rings is 1. The molecule has 208 valence electrons. The molecular formula is C26H32F3N9S. The van der Waals surface area contributed by atoms with Crippen molar-refractivity contribution < 1.29 is 13.2 Å². The smallest absolute Gasteiger partial charge is 0.387 e. The van der Waals surface area contributed by atoms with Crippen LogP contribution in [0.1, 0.15) is 51.3 Å². The third kappa shape index (κ3) is 6.88. The van der Waals surface area contributed by atoms with Crippen molar-refractivity contribution in [3.63, 3.8) is 0 Å². The summed E-state index contributed by atoms with van der Waals surface area (Å²) in [5.41, 5.74) is 6.97. The first-order chi connectivity index (χ1) is 18.6. The zero-order chi connectivity index (χ0) is 27.6. The topological polar surface area (TPSA) is 123 Å². The Morgan fingerprint density at radius 2 is 1.85 bits per heavy atom. The van der Waals surface area contributed by atoms with E-state index in [4.69, 9.17) is 16.1 Å². The van der Waals surface area contributed by atoms with Crippen molar-refractivity contribution in [2.75, 3.05) is 31.1 Å². The number of rotatable bonds is 7. The van der Waals surface area contributed by atoms with Gasteiger partial charge in [0.2, 0.25) is 5.82 Å². The SMILES string of the molecule is CC(=N)CC(N)=Nc1cc(N2CCN(C3CCCCC3)CC2)nc(Sc2ccc3nc(C(F)(F)F)[nH]c3c2)n1. The molecule has 0 unspecified atom stereocenters. The van der Waals surface area contributed by atoms with Gasteiger partial charge in [0.1, 0.15) is 11.7 Å². The molecule has 1 saturated heterocycles. The van der Waals surface area contributed by atoms with E-state index in [9.17, 15) is 13.2 Å². The standard InChI is InChI=1S/C26H32F3N9S/c1-16(30)13-21(31)34-22-15-23(38-11-9-37(10-12-38)17-5-3-2-4-6-17)36-25(35-22)39-18-7-8-19-20(14-18)33-24(32-19)26(27,28)29/h7-8,14-15,17,30H,2-6,9-13H2,1H3,(H,32,33)(H2,31,34,35,36). The lowest BCUT2D eigenvalue weighted by molar-refractivity contribution is -0.144. The number of hydrogen-bond donors (Lipinski definition) is 3. The van der Waals surface area contributed by atoms with Crippen molar-refractivity contribution in [3.05, 3.63) is 30.1 Å². The van der Waals surface area contributed by atoms with Crippen LogP contribution < -0.4 is 10.6 Å². The Morgan fingerprint density at radius 3 is 2.54 bits per heavy atom. The largest absolute Gasteiger partial charge is 0.449 e. The Balaban J connectivity index is 1.39. The summed E-state index contributed by atoms with van der Waals surface area (Å²) in [6.45, 7) is 5.24. The maximum atomic E-state index is 13.1. The molecule has 2 aromatic heterocycles. The number of nitrogens with two attached hydrogens (primary N) is 1. The monoisotopic (exact) mass is 559 g/mol. The molecule has 39 heavy (non-hydrogen) atoms. The summed E-state index contributed by atoms with van der Waals surface area (Å²) in [6.07, 6.45) is 2.16. The summed E-state index contributed by atoms with van der Waals surface area (Å²) in [6, 6.07) is 7.32. The number of anilines is 1. The number of halogens is 3. The number of alkyl halides is 3. The molecular weight excluding hydrogens is 527 g/mol. The summed E-state index contributed by atoms with van der Waals surface area (Å²) < 4.78 is 39.3. The van der Waals surface area contributed by atoms with Crippen molar-refractivity contribution in [2.24, 2.45) is 10.7 Å². The summed E-state index contributed by atoms with van der Waals surface area (Å²) in [4.78, 5) is 25.2. The number of nitrogens with one attached hydrogen (secondary N) is 2. The van der Waals surface area contributed by atoms with Gasteiger partial charge in [0.25, 0.3) is 0 Å². The van der Waals surface area contributed by atoms with E-state index in [0.717, 1.165) is 32.0 Å². The zero-order valence-corrected chi connectivity index (χ0v) is 22.6. The molecule has 13 heteroatoms. The van der Waals surface area contributed by atoms with Crippen LogP contribution in [0.5, 0.6) is 0 Å². The Kier molecular flexibility index (Phi) is 8.08. The van der Waals surface area contributed by atoms with Crippen LogP contribution in [0.3, 0.4) is 0 Å². The number of fused-ring (bicyclic) bond motifs is 1. The highest BCUT2D eigenvalue weighted by atomic mass is 32.2. The van der Waals surface area contributed by atoms with E-state index >= 15 is 0 Å². The number of aromatic nitrogens is 4. The number of hydrogen-bond acceptors (Lipinski definition) is 8. The fourth-order valence-corrected chi connectivity index (χ4v) is 5.98. The highest BCUT2D eigenvalue weighted by Gasteiger charge is 2.34. The first kappa shape index (κ1) is 27.4. The third-order valence-electron chi connectivity index (χ3n) is 7.04. The Labute approximate surface area is 229 Å². The van der Waals surface area contributed by atoms with Gasteiger partial charge in [0, 0.05) is 55.3 Å². The number of aromatic amines is 1. The van der Waals surface area contributed by atoms with Gasteiger partial charge < -0.3 is 21.0 Å². The Morgan fingerprint density at radius 1 is 1.10 bits per heavy atom. The molecule has 2 fully saturated rings. The van der Waals surface area contributed by atoms with Gasteiger partial charge in [-0.3, -0.25) is 4.90 Å². The molecule has 9 nitrogen and oxygen atoms in total. The van der Waals surface area contributed by atoms with Crippen LogP contribution in [0.15, 0.2) is 39.3 Å². The van der Waals surface area contributed by atoms with E-state index in [1.165, 1.54) is 43.9 Å². The van der Waals surface area contributed by atoms with Crippen LogP contribution in [-0.4, -0.2) is 68.6 Å². The zero-order valence-electron chi connectivity index (χ0n) is 21.8. The molecule has 0 atom stereocenters. The summed E-state index contributed by atoms with van der Waals surface area (Å²) in [7, 11) is 0. The van der Waals surface area contributed by atoms with Crippen LogP contribution in [0.2, 0.25) is 0 Å². The lowest BCUT2D eigenvalue weighted by Crippen LogP contribution is -2.51. The van der Waals surface area contributed by atoms with Crippen LogP contribution in [0, 0.1) is 5.41 Å². The molecule has 2 aliphatic rings. The van der Waals surface area contributed by atoms with Crippen molar-refractivity contribution in [1.29, 1.82) is 5.41 Å². The fourth-order valence-electron chi connectivity index (χ4n) is 5.18. The number of aliphatic imine (C=N–C) groups is 1. The average Bonchev–Trinajstić information content (AvgIpc) is 3.33. The number of amidine groups is 1. The molecule has 0 amide bonds. The summed E-state index contributed by atoms with van der Waals surface area (Å²) in [5.74, 6) is 0.372. The van der Waals surface area contributed by atoms with Crippen molar-refractivity contribution >= 4 is 46.0 Å². The van der Waals surface area contributed by atoms with Gasteiger partial charge in [-0.1, -0.05) is 19.3 Å². The second-order valence-electron chi connectivity index (χ2n) is 10.1. The van der Waals surface area contributed by atoms with E-state index in [2.05, 4.69) is 29.7 Å². The van der Waals surface area contributed by atoms with Crippen LogP contribution in [-0.2, 0) is 6.18 Å². The van der Waals surface area contributed by atoms with E-state index < -0.39 is 12.0 Å². The van der Waals surface area contributed by atoms with Gasteiger partial charge in [0.05, 0.1) is 11.0 Å². The maximum Gasteiger partial charge on any atom is 0.449 e.